The number of thioether (sulfide) groups is 1. The Morgan fingerprint density at radius 3 is 1.48 bits per heavy atom. The quantitative estimate of drug-likeness (QED) is 0.0273. The van der Waals surface area contributed by atoms with E-state index in [0.29, 0.717) is 36.1 Å². The molecule has 1 aliphatic carbocycles. The summed E-state index contributed by atoms with van der Waals surface area (Å²) >= 11 is 0.744. The monoisotopic (exact) mass is 2070 g/mol. The van der Waals surface area contributed by atoms with E-state index in [0.717, 1.165) is 60.7 Å². The molecule has 7 rings (SSSR count). The average molecular weight is 2080 g/mol. The minimum atomic E-state index is -5.04. The number of ether oxygens (including phenoxy) is 1. The number of carboxylic acid groups (broad SMARTS) is 2. The first-order chi connectivity index (χ1) is 69.7. The van der Waals surface area contributed by atoms with Gasteiger partial charge < -0.3 is 123 Å². The molecule has 1 saturated heterocycles. The number of aromatic hydroxyl groups is 1. The third-order valence-corrected chi connectivity index (χ3v) is 26.1. The molecule has 8 unspecified atom stereocenters. The number of hydrogen-bond acceptors (Lipinski definition) is 25. The van der Waals surface area contributed by atoms with Crippen LogP contribution in [0.15, 0.2) is 127 Å². The number of phenolic OH excluding ortho intramolecular Hbond substituents is 1. The van der Waals surface area contributed by atoms with Crippen molar-refractivity contribution in [2.24, 2.45) is 52.3 Å². The molecule has 0 spiro atoms. The smallest absolute Gasteiger partial charge is 0.416 e. The normalized spacial score (nSPS) is 23.2. The summed E-state index contributed by atoms with van der Waals surface area (Å²) in [4.78, 5) is 276. The Hall–Kier alpha value is -14.2. The lowest BCUT2D eigenvalue weighted by atomic mass is 9.84. The van der Waals surface area contributed by atoms with Gasteiger partial charge in [-0.2, -0.15) is 13.2 Å². The Morgan fingerprint density at radius 1 is 0.490 bits per heavy atom. The number of nitrogens with zero attached hydrogens (tertiary/aromatic N) is 1. The highest BCUT2D eigenvalue weighted by Crippen LogP contribution is 2.32. The molecule has 15 atom stereocenters. The van der Waals surface area contributed by atoms with Gasteiger partial charge in [-0.1, -0.05) is 164 Å². The molecule has 2 fully saturated rings. The number of carbonyl (C=O) groups excluding carboxylic acids is 17. The lowest BCUT2D eigenvalue weighted by Gasteiger charge is -2.32. The summed E-state index contributed by atoms with van der Waals surface area (Å²) < 4.78 is 49.3. The topological polar surface area (TPSA) is 684 Å². The Kier molecular flexibility index (Phi) is 48.5. The number of nitrogens with two attached hydrogens (primary N) is 5. The first-order valence-electron chi connectivity index (χ1n) is 48.9. The van der Waals surface area contributed by atoms with Crippen molar-refractivity contribution in [1.82, 2.24) is 74.0 Å². The first kappa shape index (κ1) is 120. The molecule has 26 N–H and O–H groups in total. The fourth-order valence-electron chi connectivity index (χ4n) is 16.7. The molecule has 46 heteroatoms. The van der Waals surface area contributed by atoms with Gasteiger partial charge in [0.05, 0.1) is 23.8 Å². The summed E-state index contributed by atoms with van der Waals surface area (Å²) in [5.74, 6) is -24.9. The van der Waals surface area contributed by atoms with Crippen molar-refractivity contribution < 1.29 is 124 Å². The molecule has 5 aromatic rings. The highest BCUT2D eigenvalue weighted by molar-refractivity contribution is 8.00. The van der Waals surface area contributed by atoms with Gasteiger partial charge in [0.15, 0.2) is 12.4 Å². The van der Waals surface area contributed by atoms with Gasteiger partial charge in [-0.05, 0) is 159 Å². The van der Waals surface area contributed by atoms with E-state index in [1.807, 2.05) is 12.1 Å². The van der Waals surface area contributed by atoms with Gasteiger partial charge in [-0.15, -0.1) is 11.8 Å². The van der Waals surface area contributed by atoms with Gasteiger partial charge in [0.1, 0.15) is 90.0 Å². The van der Waals surface area contributed by atoms with E-state index < -0.39 is 290 Å². The summed E-state index contributed by atoms with van der Waals surface area (Å²) in [6.07, 6.45) is -7.65. The van der Waals surface area contributed by atoms with Gasteiger partial charge in [0, 0.05) is 57.2 Å². The SMILES string of the molecule is CCC1NC(=O)CSC[C@@H](C(=O)C[C@@H](CCN)C(N)=O)NC(=O)C(CCCN)NC(=O)C(C(C)C)NC(=O)C(CC2CCCCC2)NC(=O)[C@H](CCN)NC(=O)[C@@H](CC(C)C)NC(=O)[C@H](C)N(C)C(=O)C(CCC(N)=O)NC(=O)C(Cc2ccc(-c3ccccc3)cc2)NC(=O)[C@H](Cc2ccc(OCC(=O)O)cc2)NC(=O)C(Cc2cccc(C(F)(F)F)c2)NC(=O)[C@H](CC(=O)O)NC(=O)C(Cc2ccc(O)cc2)NC1=O. The lowest BCUT2D eigenvalue weighted by molar-refractivity contribution is -0.143. The molecule has 1 aliphatic heterocycles. The zero-order valence-corrected chi connectivity index (χ0v) is 84.1. The fourth-order valence-corrected chi connectivity index (χ4v) is 17.6. The zero-order valence-electron chi connectivity index (χ0n) is 83.3. The second kappa shape index (κ2) is 59.5. The van der Waals surface area contributed by atoms with Crippen molar-refractivity contribution in [3.63, 3.8) is 0 Å². The molecule has 2 aliphatic rings. The Bertz CT molecular complexity index is 5360. The summed E-state index contributed by atoms with van der Waals surface area (Å²) in [6.45, 7) is 8.14. The molecule has 802 valence electrons. The van der Waals surface area contributed by atoms with Crippen LogP contribution in [0.2, 0.25) is 0 Å². The number of carbonyl (C=O) groups is 19. The molecule has 0 aromatic heterocycles. The Balaban J connectivity index is 1.38. The number of Topliss-reactive ketones (excluding diaryl/α,β-unsaturated/α-hetero) is 1. The van der Waals surface area contributed by atoms with Gasteiger partial charge in [0.25, 0.3) is 0 Å². The molecule has 147 heavy (non-hydrogen) atoms. The molecule has 0 radical (unpaired) electrons. The minimum Gasteiger partial charge on any atom is -0.508 e. The number of aliphatic carboxylic acids is 2. The van der Waals surface area contributed by atoms with Gasteiger partial charge in [-0.25, -0.2) is 4.79 Å². The zero-order chi connectivity index (χ0) is 108. The standard InChI is InChI=1S/C101H138F3N19O23S/c1-8-69-89(134)115-75(47-60-26-32-67(124)33-27-60)95(140)120-79(51-84(128)129)97(142)119-78(49-62-19-15-22-66(44-62)101(102,103)104)96(141)118-76(48-61-28-34-68(35-29-61)146-52-85(130)131)94(139)117-74(46-59-24-30-64(31-25-59)63-20-13-10-14-21-63)93(138)113-72(36-37-82(108)126)100(145)123(7)57(6)88(133)114-73(43-55(2)3)92(137)111-71(39-42-107)91(136)116-77(45-58-17-11-9-12-18-58)98(143)122-86(56(4)5)99(144)112-70(23-16-40-105)90(135)121-80(53-147-54-83(127)110-69)81(125)50-65(38-41-106)87(109)132/h10,13-15,19-22,24-35,44,55-58,65,69-80,86,124H,8-9,11-12,16-18,23,36-43,45-54,105-107H2,1-7H3,(H2,108,126)(H2,109,132)(H,110,127)(H,111,137)(H,112,144)(H,113,138)(H,114,133)(H,115,134)(H,116,136)(H,117,139)(H,118,141)(H,119,142)(H,120,140)(H,121,135)(H,122,143)(H,128,129)(H,130,131)/t57-,65+,69?,70?,71-,72?,73+,74?,75?,76-,77?,78?,79-,80-,86?/m0/s1. The van der Waals surface area contributed by atoms with Crippen molar-refractivity contribution in [2.45, 2.75) is 261 Å². The second-order valence-corrected chi connectivity index (χ2v) is 38.5. The number of nitrogens with one attached hydrogen (secondary N) is 13. The first-order valence-corrected chi connectivity index (χ1v) is 50.1. The molecule has 1 saturated carbocycles. The average Bonchev–Trinajstić information content (AvgIpc) is 0.832. The summed E-state index contributed by atoms with van der Waals surface area (Å²) in [5.41, 5.74) is 29.9. The van der Waals surface area contributed by atoms with E-state index in [1.165, 1.54) is 62.4 Å². The Labute approximate surface area is 853 Å². The van der Waals surface area contributed by atoms with Crippen molar-refractivity contribution in [1.29, 1.82) is 0 Å². The van der Waals surface area contributed by atoms with Crippen LogP contribution in [0.1, 0.15) is 172 Å². The number of alkyl halides is 3. The van der Waals surface area contributed by atoms with Crippen molar-refractivity contribution >= 4 is 124 Å². The fraction of sp³-hybridized carbons (Fsp3) is 0.515. The van der Waals surface area contributed by atoms with Crippen LogP contribution in [-0.2, 0) is 123 Å². The van der Waals surface area contributed by atoms with Crippen LogP contribution in [0.3, 0.4) is 0 Å². The van der Waals surface area contributed by atoms with Crippen LogP contribution < -0.4 is 103 Å². The van der Waals surface area contributed by atoms with Crippen LogP contribution in [0.4, 0.5) is 13.2 Å². The van der Waals surface area contributed by atoms with E-state index in [4.69, 9.17) is 33.4 Å². The van der Waals surface area contributed by atoms with Crippen LogP contribution in [0.5, 0.6) is 11.5 Å². The van der Waals surface area contributed by atoms with Gasteiger partial charge in [0.2, 0.25) is 94.5 Å². The molecular formula is C101H138F3N19O23S. The van der Waals surface area contributed by atoms with E-state index >= 15 is 33.6 Å². The number of primary amides is 2. The molecule has 0 bridgehead atoms. The second-order valence-electron chi connectivity index (χ2n) is 37.5. The van der Waals surface area contributed by atoms with Crippen molar-refractivity contribution in [3.8, 4) is 22.6 Å². The van der Waals surface area contributed by atoms with Crippen LogP contribution in [0, 0.1) is 23.7 Å². The van der Waals surface area contributed by atoms with E-state index in [1.54, 1.807) is 70.2 Å². The number of ketones is 1. The third-order valence-electron chi connectivity index (χ3n) is 25.0. The van der Waals surface area contributed by atoms with Gasteiger partial charge >= 0.3 is 18.1 Å². The number of halogens is 3. The van der Waals surface area contributed by atoms with Crippen molar-refractivity contribution in [3.05, 3.63) is 155 Å². The van der Waals surface area contributed by atoms with Crippen LogP contribution in [-0.4, -0.2) is 262 Å². The van der Waals surface area contributed by atoms with Gasteiger partial charge in [-0.3, -0.25) is 86.3 Å². The Morgan fingerprint density at radius 2 is 0.966 bits per heavy atom. The maximum Gasteiger partial charge on any atom is 0.416 e. The third kappa shape index (κ3) is 40.0. The summed E-state index contributed by atoms with van der Waals surface area (Å²) in [6, 6.07) is 5.17. The number of phenols is 1. The van der Waals surface area contributed by atoms with E-state index in [-0.39, 0.29) is 105 Å². The van der Waals surface area contributed by atoms with Crippen LogP contribution in [0.25, 0.3) is 11.1 Å². The molecule has 42 nitrogen and oxygen atoms in total. The molecular weight excluding hydrogens is 1940 g/mol. The largest absolute Gasteiger partial charge is 0.508 e. The summed E-state index contributed by atoms with van der Waals surface area (Å²) in [5, 5.41) is 63.8. The number of benzene rings is 5. The number of likely N-dealkylation sites (N-methyl/N-ethyl adjacent to an activating group) is 1. The minimum absolute atomic E-state index is 0.0149. The predicted molar refractivity (Wildman–Crippen MR) is 535 cm³/mol. The predicted octanol–water partition coefficient (Wildman–Crippen LogP) is 1.03. The number of carboxylic acids is 2. The molecule has 16 amide bonds. The maximum atomic E-state index is 15.7. The summed E-state index contributed by atoms with van der Waals surface area (Å²) in [7, 11) is 1.16. The highest BCUT2D eigenvalue weighted by atomic mass is 32.2. The highest BCUT2D eigenvalue weighted by Gasteiger charge is 2.42. The van der Waals surface area contributed by atoms with Crippen molar-refractivity contribution in [2.75, 3.05) is 44.8 Å². The van der Waals surface area contributed by atoms with Crippen LogP contribution >= 0.6 is 11.8 Å². The molecule has 1 heterocycles. The maximum absolute atomic E-state index is 15.7. The number of amides is 16. The lowest BCUT2D eigenvalue weighted by Crippen LogP contribution is -2.61. The number of rotatable bonds is 34. The van der Waals surface area contributed by atoms with E-state index in [9.17, 15) is 86.0 Å². The molecule has 5 aromatic carbocycles. The number of hydrogen-bond donors (Lipinski definition) is 21. The van der Waals surface area contributed by atoms with E-state index in [2.05, 4.69) is 69.1 Å².